The van der Waals surface area contributed by atoms with Gasteiger partial charge in [0.2, 0.25) is 0 Å². The lowest BCUT2D eigenvalue weighted by Gasteiger charge is -2.19. The summed E-state index contributed by atoms with van der Waals surface area (Å²) in [7, 11) is 1.99. The number of nitrogens with one attached hydrogen (secondary N) is 1. The summed E-state index contributed by atoms with van der Waals surface area (Å²) in [6.45, 7) is 12.7. The summed E-state index contributed by atoms with van der Waals surface area (Å²) in [5.41, 5.74) is 1.28. The Morgan fingerprint density at radius 3 is 2.50 bits per heavy atom. The van der Waals surface area contributed by atoms with E-state index in [0.717, 1.165) is 32.6 Å². The Balaban J connectivity index is 3.45. The summed E-state index contributed by atoms with van der Waals surface area (Å²) in [5.74, 6) is 0. The molecule has 0 aromatic heterocycles. The van der Waals surface area contributed by atoms with Crippen LogP contribution in [0.25, 0.3) is 0 Å². The maximum absolute atomic E-state index is 3.90. The van der Waals surface area contributed by atoms with E-state index in [9.17, 15) is 0 Å². The van der Waals surface area contributed by atoms with Gasteiger partial charge >= 0.3 is 0 Å². The molecule has 0 atom stereocenters. The van der Waals surface area contributed by atoms with Gasteiger partial charge in [-0.1, -0.05) is 12.5 Å². The molecule has 0 saturated heterocycles. The zero-order valence-electron chi connectivity index (χ0n) is 8.69. The zero-order chi connectivity index (χ0) is 9.40. The van der Waals surface area contributed by atoms with Crippen LogP contribution < -0.4 is 5.32 Å². The first-order chi connectivity index (χ1) is 5.70. The van der Waals surface area contributed by atoms with Crippen molar-refractivity contribution < 1.29 is 0 Å². The van der Waals surface area contributed by atoms with Crippen LogP contribution in [0.2, 0.25) is 0 Å². The quantitative estimate of drug-likeness (QED) is 0.582. The van der Waals surface area contributed by atoms with Crippen molar-refractivity contribution >= 4 is 0 Å². The second-order valence-corrected chi connectivity index (χ2v) is 3.24. The average Bonchev–Trinajstić information content (AvgIpc) is 2.05. The minimum absolute atomic E-state index is 1.07. The molecule has 0 amide bonds. The molecule has 0 fully saturated rings. The summed E-state index contributed by atoms with van der Waals surface area (Å²) >= 11 is 0. The van der Waals surface area contributed by atoms with Crippen LogP contribution in [0.5, 0.6) is 0 Å². The summed E-state index contributed by atoms with van der Waals surface area (Å²) in [6.07, 6.45) is 1.12. The molecule has 0 radical (unpaired) electrons. The van der Waals surface area contributed by atoms with Gasteiger partial charge in [0.05, 0.1) is 0 Å². The lowest BCUT2D eigenvalue weighted by Crippen LogP contribution is -2.31. The lowest BCUT2D eigenvalue weighted by atomic mass is 10.2. The van der Waals surface area contributed by atoms with Gasteiger partial charge in [0.1, 0.15) is 0 Å². The van der Waals surface area contributed by atoms with Crippen molar-refractivity contribution in [3.05, 3.63) is 12.2 Å². The molecular weight excluding hydrogens is 148 g/mol. The molecule has 0 rings (SSSR count). The monoisotopic (exact) mass is 170 g/mol. The summed E-state index contributed by atoms with van der Waals surface area (Å²) in [4.78, 5) is 2.44. The van der Waals surface area contributed by atoms with Gasteiger partial charge in [-0.3, -0.25) is 0 Å². The fourth-order valence-corrected chi connectivity index (χ4v) is 1.05. The van der Waals surface area contributed by atoms with Gasteiger partial charge in [-0.25, -0.2) is 0 Å². The third-order valence-corrected chi connectivity index (χ3v) is 1.98. The van der Waals surface area contributed by atoms with Gasteiger partial charge in [-0.15, -0.1) is 6.58 Å². The number of hydrogen-bond donors (Lipinski definition) is 1. The molecule has 0 aromatic rings. The normalized spacial score (nSPS) is 10.7. The molecule has 0 unspecified atom stereocenters. The van der Waals surface area contributed by atoms with Crippen LogP contribution in [0, 0.1) is 0 Å². The molecule has 2 nitrogen and oxygen atoms in total. The van der Waals surface area contributed by atoms with Gasteiger partial charge in [-0.2, -0.15) is 0 Å². The molecule has 0 bridgehead atoms. The van der Waals surface area contributed by atoms with Crippen molar-refractivity contribution in [1.29, 1.82) is 0 Å². The van der Waals surface area contributed by atoms with Crippen LogP contribution in [0.1, 0.15) is 20.3 Å². The summed E-state index contributed by atoms with van der Waals surface area (Å²) < 4.78 is 0. The first-order valence-corrected chi connectivity index (χ1v) is 4.72. The number of hydrogen-bond acceptors (Lipinski definition) is 2. The number of rotatable bonds is 7. The molecule has 72 valence electrons. The highest BCUT2D eigenvalue weighted by molar-refractivity contribution is 4.88. The van der Waals surface area contributed by atoms with E-state index in [2.05, 4.69) is 30.6 Å². The SMILES string of the molecule is C=C(C)CCN(CC)CCNC. The van der Waals surface area contributed by atoms with Gasteiger partial charge < -0.3 is 10.2 Å². The highest BCUT2D eigenvalue weighted by Gasteiger charge is 1.99. The van der Waals surface area contributed by atoms with E-state index < -0.39 is 0 Å². The zero-order valence-corrected chi connectivity index (χ0v) is 8.69. The predicted octanol–water partition coefficient (Wildman–Crippen LogP) is 1.49. The van der Waals surface area contributed by atoms with Crippen LogP contribution in [-0.2, 0) is 0 Å². The molecule has 0 aliphatic rings. The highest BCUT2D eigenvalue weighted by atomic mass is 15.1. The summed E-state index contributed by atoms with van der Waals surface area (Å²) in [5, 5.41) is 3.16. The minimum Gasteiger partial charge on any atom is -0.318 e. The number of nitrogens with zero attached hydrogens (tertiary/aromatic N) is 1. The van der Waals surface area contributed by atoms with Crippen LogP contribution in [0.15, 0.2) is 12.2 Å². The molecule has 12 heavy (non-hydrogen) atoms. The Hall–Kier alpha value is -0.340. The first-order valence-electron chi connectivity index (χ1n) is 4.72. The maximum Gasteiger partial charge on any atom is 0.0107 e. The predicted molar refractivity (Wildman–Crippen MR) is 55.5 cm³/mol. The molecular formula is C10H22N2. The van der Waals surface area contributed by atoms with E-state index in [-0.39, 0.29) is 0 Å². The van der Waals surface area contributed by atoms with Crippen molar-refractivity contribution in [2.75, 3.05) is 33.2 Å². The lowest BCUT2D eigenvalue weighted by molar-refractivity contribution is 0.293. The minimum atomic E-state index is 1.07. The molecule has 0 aliphatic heterocycles. The first kappa shape index (κ1) is 11.7. The van der Waals surface area contributed by atoms with Crippen molar-refractivity contribution in [2.45, 2.75) is 20.3 Å². The standard InChI is InChI=1S/C10H22N2/c1-5-12(9-7-11-4)8-6-10(2)3/h11H,2,5-9H2,1,3-4H3. The Kier molecular flexibility index (Phi) is 7.11. The van der Waals surface area contributed by atoms with E-state index in [0.29, 0.717) is 0 Å². The van der Waals surface area contributed by atoms with E-state index in [1.165, 1.54) is 5.57 Å². The third-order valence-electron chi connectivity index (χ3n) is 1.98. The van der Waals surface area contributed by atoms with Crippen LogP contribution >= 0.6 is 0 Å². The molecule has 1 N–H and O–H groups in total. The second-order valence-electron chi connectivity index (χ2n) is 3.24. The van der Waals surface area contributed by atoms with E-state index in [1.54, 1.807) is 0 Å². The van der Waals surface area contributed by atoms with Gasteiger partial charge in [0.15, 0.2) is 0 Å². The molecule has 0 spiro atoms. The Labute approximate surface area is 76.6 Å². The van der Waals surface area contributed by atoms with Gasteiger partial charge in [0, 0.05) is 19.6 Å². The fourth-order valence-electron chi connectivity index (χ4n) is 1.05. The smallest absolute Gasteiger partial charge is 0.0107 e. The average molecular weight is 170 g/mol. The largest absolute Gasteiger partial charge is 0.318 e. The van der Waals surface area contributed by atoms with Crippen molar-refractivity contribution in [1.82, 2.24) is 10.2 Å². The Bertz CT molecular complexity index is 121. The second kappa shape index (κ2) is 7.32. The van der Waals surface area contributed by atoms with Crippen LogP contribution in [0.4, 0.5) is 0 Å². The van der Waals surface area contributed by atoms with E-state index in [1.807, 2.05) is 7.05 Å². The van der Waals surface area contributed by atoms with Gasteiger partial charge in [0.25, 0.3) is 0 Å². The van der Waals surface area contributed by atoms with E-state index >= 15 is 0 Å². The molecule has 2 heteroatoms. The summed E-state index contributed by atoms with van der Waals surface area (Å²) in [6, 6.07) is 0. The van der Waals surface area contributed by atoms with Crippen LogP contribution in [-0.4, -0.2) is 38.1 Å². The van der Waals surface area contributed by atoms with Crippen LogP contribution in [0.3, 0.4) is 0 Å². The highest BCUT2D eigenvalue weighted by Crippen LogP contribution is 1.98. The Morgan fingerprint density at radius 2 is 2.08 bits per heavy atom. The Morgan fingerprint density at radius 1 is 1.42 bits per heavy atom. The molecule has 0 aromatic carbocycles. The van der Waals surface area contributed by atoms with Crippen molar-refractivity contribution in [3.8, 4) is 0 Å². The van der Waals surface area contributed by atoms with Crippen molar-refractivity contribution in [3.63, 3.8) is 0 Å². The fraction of sp³-hybridized carbons (Fsp3) is 0.800. The van der Waals surface area contributed by atoms with Gasteiger partial charge in [-0.05, 0) is 26.9 Å². The maximum atomic E-state index is 3.90. The molecule has 0 saturated carbocycles. The topological polar surface area (TPSA) is 15.3 Å². The molecule has 0 aliphatic carbocycles. The third kappa shape index (κ3) is 6.38. The van der Waals surface area contributed by atoms with Crippen molar-refractivity contribution in [2.24, 2.45) is 0 Å². The molecule has 0 heterocycles. The van der Waals surface area contributed by atoms with E-state index in [4.69, 9.17) is 0 Å². The number of likely N-dealkylation sites (N-methyl/N-ethyl adjacent to an activating group) is 2.